The van der Waals surface area contributed by atoms with Crippen LogP contribution in [0.1, 0.15) is 58.8 Å². The molecular formula is C32H44N6O8. The van der Waals surface area contributed by atoms with Crippen molar-refractivity contribution in [3.8, 4) is 0 Å². The van der Waals surface area contributed by atoms with E-state index in [0.29, 0.717) is 55.5 Å². The van der Waals surface area contributed by atoms with Gasteiger partial charge in [-0.1, -0.05) is 18.2 Å². The van der Waals surface area contributed by atoms with Crippen molar-refractivity contribution in [2.24, 2.45) is 33.5 Å². The van der Waals surface area contributed by atoms with E-state index in [9.17, 15) is 24.3 Å². The molecule has 1 amide bonds. The Labute approximate surface area is 267 Å². The summed E-state index contributed by atoms with van der Waals surface area (Å²) < 4.78 is 10.8. The molecule has 2 bridgehead atoms. The van der Waals surface area contributed by atoms with Gasteiger partial charge >= 0.3 is 17.9 Å². The maximum absolute atomic E-state index is 13.3. The lowest BCUT2D eigenvalue weighted by Crippen LogP contribution is -2.63. The fourth-order valence-corrected chi connectivity index (χ4v) is 6.32. The molecule has 1 saturated heterocycles. The van der Waals surface area contributed by atoms with Gasteiger partial charge in [-0.15, -0.1) is 0 Å². The number of aromatic nitrogens is 1. The smallest absolute Gasteiger partial charge is 0.333 e. The molecule has 46 heavy (non-hydrogen) atoms. The van der Waals surface area contributed by atoms with Crippen molar-refractivity contribution in [1.82, 2.24) is 4.98 Å². The summed E-state index contributed by atoms with van der Waals surface area (Å²) in [6, 6.07) is 2.58. The number of hydrogen-bond donors (Lipinski definition) is 6. The number of guanidine groups is 1. The maximum Gasteiger partial charge on any atom is 0.333 e. The van der Waals surface area contributed by atoms with E-state index in [2.05, 4.69) is 15.3 Å². The van der Waals surface area contributed by atoms with Crippen molar-refractivity contribution in [2.75, 3.05) is 19.0 Å². The van der Waals surface area contributed by atoms with Crippen molar-refractivity contribution < 1.29 is 38.9 Å². The van der Waals surface area contributed by atoms with Gasteiger partial charge in [-0.2, -0.15) is 0 Å². The number of carbonyl (C=O) groups excluding carboxylic acids is 3. The Balaban J connectivity index is 0.000000409. The van der Waals surface area contributed by atoms with Crippen LogP contribution in [0.5, 0.6) is 0 Å². The standard InChI is InChI=1S/C26H30N2O6.C6H14N4O2/c1-17(21(29)28-19-9-15-27-16-10-19)5-4-11-24(2)20-8-13-25(23(31)34-24)12-6-18(22(30)33-3)7-14-26(20,25)32;7-4(5(11)12)2-1-3-10-6(8)9/h4-6,9-11,15-16,20,32H,7-8,12-14H2,1-3H3,(H,27,28,29);4H,1-3,7H2,(H,11,12)(H4,8,9,10)/b11-4+,17-5+;/t20-,24+,25+,26-;4-/m00/s1. The number of cyclic esters (lactones) is 1. The van der Waals surface area contributed by atoms with Gasteiger partial charge in [0, 0.05) is 41.7 Å². The third-order valence-corrected chi connectivity index (χ3v) is 8.93. The van der Waals surface area contributed by atoms with E-state index in [0.717, 1.165) is 0 Å². The Morgan fingerprint density at radius 3 is 2.59 bits per heavy atom. The maximum atomic E-state index is 13.3. The average Bonchev–Trinajstić information content (AvgIpc) is 3.14. The van der Waals surface area contributed by atoms with E-state index in [1.165, 1.54) is 7.11 Å². The van der Waals surface area contributed by atoms with Crippen LogP contribution in [0.4, 0.5) is 5.69 Å². The molecule has 1 aromatic rings. The summed E-state index contributed by atoms with van der Waals surface area (Å²) in [4.78, 5) is 55.6. The molecule has 4 rings (SSSR count). The molecule has 1 saturated carbocycles. The number of aliphatic hydroxyl groups is 1. The number of rotatable bonds is 10. The zero-order chi connectivity index (χ0) is 34.1. The van der Waals surface area contributed by atoms with E-state index in [1.54, 1.807) is 62.7 Å². The lowest BCUT2D eigenvalue weighted by atomic mass is 9.62. The number of ether oxygens (including phenoxy) is 2. The number of hydrogen-bond acceptors (Lipinski definition) is 10. The first-order valence-corrected chi connectivity index (χ1v) is 15.0. The molecule has 2 aliphatic carbocycles. The van der Waals surface area contributed by atoms with Crippen molar-refractivity contribution in [2.45, 2.75) is 76.0 Å². The Hall–Kier alpha value is -4.56. The number of methoxy groups -OCH3 is 1. The Bertz CT molecular complexity index is 1420. The van der Waals surface area contributed by atoms with Gasteiger partial charge in [-0.25, -0.2) is 4.79 Å². The zero-order valence-corrected chi connectivity index (χ0v) is 26.4. The van der Waals surface area contributed by atoms with Gasteiger partial charge in [0.25, 0.3) is 5.91 Å². The summed E-state index contributed by atoms with van der Waals surface area (Å²) in [6.07, 6.45) is 12.9. The van der Waals surface area contributed by atoms with E-state index in [-0.39, 0.29) is 30.6 Å². The normalized spacial score (nSPS) is 27.5. The molecule has 0 spiro atoms. The molecule has 2 heterocycles. The molecule has 250 valence electrons. The summed E-state index contributed by atoms with van der Waals surface area (Å²) in [5, 5.41) is 23.1. The SMILES string of the molecule is COC(=O)C1=CC[C@@]23CC[C@@H]([C@@](C)(/C=C/C=C(\C)C(=O)Nc4ccncc4)OC2=O)[C@@]3(O)CC1.NC(N)=NCCC[C@H](N)C(=O)O. The first kappa shape index (κ1) is 35.9. The number of pyridine rings is 1. The van der Waals surface area contributed by atoms with Crippen LogP contribution in [0.2, 0.25) is 0 Å². The van der Waals surface area contributed by atoms with Crippen molar-refractivity contribution in [3.63, 3.8) is 0 Å². The van der Waals surface area contributed by atoms with Crippen LogP contribution in [0.15, 0.2) is 65.0 Å². The lowest BCUT2D eigenvalue weighted by molar-refractivity contribution is -0.224. The number of amides is 1. The number of nitrogens with one attached hydrogen (secondary N) is 1. The molecule has 14 heteroatoms. The highest BCUT2D eigenvalue weighted by Crippen LogP contribution is 2.63. The number of esters is 2. The van der Waals surface area contributed by atoms with Gasteiger partial charge in [0.1, 0.15) is 17.1 Å². The largest absolute Gasteiger partial charge is 0.480 e. The summed E-state index contributed by atoms with van der Waals surface area (Å²) in [5.74, 6) is -2.46. The summed E-state index contributed by atoms with van der Waals surface area (Å²) in [7, 11) is 1.32. The van der Waals surface area contributed by atoms with E-state index < -0.39 is 40.6 Å². The first-order valence-electron chi connectivity index (χ1n) is 15.0. The second-order valence-corrected chi connectivity index (χ2v) is 11.9. The Morgan fingerprint density at radius 2 is 1.96 bits per heavy atom. The number of carboxylic acid groups (broad SMARTS) is 1. The van der Waals surface area contributed by atoms with Crippen LogP contribution in [0, 0.1) is 11.3 Å². The van der Waals surface area contributed by atoms with Crippen LogP contribution < -0.4 is 22.5 Å². The van der Waals surface area contributed by atoms with Crippen LogP contribution in [-0.2, 0) is 28.7 Å². The zero-order valence-electron chi connectivity index (χ0n) is 26.4. The predicted octanol–water partition coefficient (Wildman–Crippen LogP) is 1.70. The van der Waals surface area contributed by atoms with Crippen LogP contribution >= 0.6 is 0 Å². The van der Waals surface area contributed by atoms with E-state index >= 15 is 0 Å². The quantitative estimate of drug-likeness (QED) is 0.0535. The first-order chi connectivity index (χ1) is 21.7. The predicted molar refractivity (Wildman–Crippen MR) is 170 cm³/mol. The molecule has 3 aliphatic rings. The number of nitrogens with two attached hydrogens (primary N) is 3. The van der Waals surface area contributed by atoms with Gasteiger partial charge in [0.2, 0.25) is 0 Å². The van der Waals surface area contributed by atoms with Gasteiger partial charge in [0.15, 0.2) is 5.96 Å². The van der Waals surface area contributed by atoms with Gasteiger partial charge in [0.05, 0.1) is 12.7 Å². The molecule has 0 aromatic carbocycles. The molecule has 2 fully saturated rings. The highest BCUT2D eigenvalue weighted by atomic mass is 16.6. The number of carboxylic acids is 1. The molecular weight excluding hydrogens is 596 g/mol. The second-order valence-electron chi connectivity index (χ2n) is 11.9. The minimum absolute atomic E-state index is 0.0129. The van der Waals surface area contributed by atoms with Crippen molar-refractivity contribution >= 4 is 35.5 Å². The number of carbonyl (C=O) groups is 4. The van der Waals surface area contributed by atoms with E-state index in [1.807, 2.05) is 0 Å². The number of anilines is 1. The van der Waals surface area contributed by atoms with Crippen LogP contribution in [-0.4, -0.2) is 75.9 Å². The minimum atomic E-state index is -1.30. The van der Waals surface area contributed by atoms with Crippen LogP contribution in [0.25, 0.3) is 0 Å². The second kappa shape index (κ2) is 15.1. The summed E-state index contributed by atoms with van der Waals surface area (Å²) in [5.41, 5.74) is 13.5. The van der Waals surface area contributed by atoms with E-state index in [4.69, 9.17) is 31.8 Å². The number of nitrogens with zero attached hydrogens (tertiary/aromatic N) is 2. The minimum Gasteiger partial charge on any atom is -0.480 e. The molecule has 0 unspecified atom stereocenters. The van der Waals surface area contributed by atoms with Crippen molar-refractivity contribution in [3.05, 3.63) is 60.0 Å². The van der Waals surface area contributed by atoms with Gasteiger partial charge in [-0.3, -0.25) is 24.4 Å². The number of allylic oxidation sites excluding steroid dienone is 3. The third-order valence-electron chi connectivity index (χ3n) is 8.93. The van der Waals surface area contributed by atoms with Crippen molar-refractivity contribution in [1.29, 1.82) is 0 Å². The third kappa shape index (κ3) is 7.98. The molecule has 14 nitrogen and oxygen atoms in total. The molecule has 1 aliphatic heterocycles. The van der Waals surface area contributed by atoms with Gasteiger partial charge < -0.3 is 42.2 Å². The number of aliphatic carboxylic acids is 1. The highest BCUT2D eigenvalue weighted by molar-refractivity contribution is 6.03. The monoisotopic (exact) mass is 640 g/mol. The highest BCUT2D eigenvalue weighted by Gasteiger charge is 2.71. The molecule has 0 radical (unpaired) electrons. The molecule has 5 atom stereocenters. The lowest BCUT2D eigenvalue weighted by Gasteiger charge is -2.52. The fourth-order valence-electron chi connectivity index (χ4n) is 6.32. The number of aliphatic imine (C=N–C) groups is 1. The Morgan fingerprint density at radius 1 is 1.26 bits per heavy atom. The molecule has 9 N–H and O–H groups in total. The van der Waals surface area contributed by atoms with Gasteiger partial charge in [-0.05, 0) is 77.0 Å². The summed E-state index contributed by atoms with van der Waals surface area (Å²) >= 11 is 0. The Kier molecular flexibility index (Phi) is 11.8. The fraction of sp³-hybridized carbons (Fsp3) is 0.500. The molecule has 1 aromatic heterocycles. The summed E-state index contributed by atoms with van der Waals surface area (Å²) in [6.45, 7) is 3.90. The average molecular weight is 641 g/mol. The van der Waals surface area contributed by atoms with Crippen LogP contribution in [0.3, 0.4) is 0 Å². The topological polar surface area (TPSA) is 243 Å².